The number of carbonyl (C=O) groups is 2. The number of alkyl halides is 3. The minimum atomic E-state index is -5.08. The van der Waals surface area contributed by atoms with Crippen LogP contribution in [0.5, 0.6) is 5.75 Å². The molecule has 3 aromatic carbocycles. The first-order valence-corrected chi connectivity index (χ1v) is 10.7. The molecule has 0 aliphatic carbocycles. The Bertz CT molecular complexity index is 1090. The predicted molar refractivity (Wildman–Crippen MR) is 127 cm³/mol. The van der Waals surface area contributed by atoms with E-state index in [9.17, 15) is 18.0 Å². The summed E-state index contributed by atoms with van der Waals surface area (Å²) >= 11 is 0. The molecule has 35 heavy (non-hydrogen) atoms. The van der Waals surface area contributed by atoms with Crippen molar-refractivity contribution in [3.05, 3.63) is 90.0 Å². The number of halogens is 3. The van der Waals surface area contributed by atoms with Gasteiger partial charge >= 0.3 is 12.1 Å². The third-order valence-corrected chi connectivity index (χ3v) is 4.94. The van der Waals surface area contributed by atoms with Gasteiger partial charge in [0.1, 0.15) is 12.4 Å². The van der Waals surface area contributed by atoms with Gasteiger partial charge in [0.15, 0.2) is 0 Å². The summed E-state index contributed by atoms with van der Waals surface area (Å²) in [5.74, 6) is -2.34. The van der Waals surface area contributed by atoms with E-state index in [1.807, 2.05) is 42.5 Å². The first-order chi connectivity index (χ1) is 16.6. The van der Waals surface area contributed by atoms with Crippen LogP contribution in [0.4, 0.5) is 13.2 Å². The molecule has 0 aliphatic heterocycles. The highest BCUT2D eigenvalue weighted by atomic mass is 19.4. The molecule has 0 saturated heterocycles. The van der Waals surface area contributed by atoms with Gasteiger partial charge in [-0.1, -0.05) is 54.6 Å². The minimum Gasteiger partial charge on any atom is -0.492 e. The molecule has 0 fully saturated rings. The second kappa shape index (κ2) is 13.1. The fourth-order valence-electron chi connectivity index (χ4n) is 2.99. The largest absolute Gasteiger partial charge is 0.492 e. The summed E-state index contributed by atoms with van der Waals surface area (Å²) in [6.45, 7) is 2.51. The lowest BCUT2D eigenvalue weighted by Crippen LogP contribution is -2.26. The molecule has 0 heterocycles. The molecule has 3 aromatic rings. The highest BCUT2D eigenvalue weighted by Crippen LogP contribution is 2.23. The first-order valence-electron chi connectivity index (χ1n) is 10.7. The van der Waals surface area contributed by atoms with Crippen molar-refractivity contribution in [3.63, 3.8) is 0 Å². The molecular weight excluding hydrogens is 461 g/mol. The van der Waals surface area contributed by atoms with Crippen LogP contribution in [0.25, 0.3) is 11.1 Å². The summed E-state index contributed by atoms with van der Waals surface area (Å²) < 4.78 is 37.6. The molecular formula is C26H27F3N2O4. The Morgan fingerprint density at radius 1 is 0.914 bits per heavy atom. The highest BCUT2D eigenvalue weighted by Gasteiger charge is 2.38. The van der Waals surface area contributed by atoms with Crippen molar-refractivity contribution in [1.82, 2.24) is 4.90 Å². The van der Waals surface area contributed by atoms with E-state index in [0.29, 0.717) is 12.2 Å². The van der Waals surface area contributed by atoms with Crippen molar-refractivity contribution in [1.29, 1.82) is 0 Å². The Morgan fingerprint density at radius 3 is 2.11 bits per heavy atom. The quantitative estimate of drug-likeness (QED) is 0.458. The summed E-state index contributed by atoms with van der Waals surface area (Å²) in [6.07, 6.45) is -4.05. The molecule has 0 spiro atoms. The van der Waals surface area contributed by atoms with Crippen LogP contribution >= 0.6 is 0 Å². The zero-order valence-corrected chi connectivity index (χ0v) is 19.2. The lowest BCUT2D eigenvalue weighted by Gasteiger charge is -2.17. The van der Waals surface area contributed by atoms with Crippen molar-refractivity contribution >= 4 is 11.9 Å². The zero-order chi connectivity index (χ0) is 25.8. The Labute approximate surface area is 201 Å². The molecule has 186 valence electrons. The van der Waals surface area contributed by atoms with Crippen LogP contribution in [0.15, 0.2) is 78.9 Å². The van der Waals surface area contributed by atoms with Crippen LogP contribution in [-0.2, 0) is 11.2 Å². The topological polar surface area (TPSA) is 92.9 Å². The molecule has 3 N–H and O–H groups in total. The number of nitrogens with two attached hydrogens (primary N) is 1. The fraction of sp³-hybridized carbons (Fsp3) is 0.231. The lowest BCUT2D eigenvalue weighted by molar-refractivity contribution is -0.192. The molecule has 1 amide bonds. The van der Waals surface area contributed by atoms with Gasteiger partial charge in [-0.15, -0.1) is 0 Å². The van der Waals surface area contributed by atoms with Crippen LogP contribution in [0, 0.1) is 0 Å². The number of likely N-dealkylation sites (N-methyl/N-ethyl adjacent to an activating group) is 1. The zero-order valence-electron chi connectivity index (χ0n) is 19.2. The number of amides is 1. The summed E-state index contributed by atoms with van der Waals surface area (Å²) in [5.41, 5.74) is 9.20. The van der Waals surface area contributed by atoms with Crippen molar-refractivity contribution < 1.29 is 32.6 Å². The molecule has 0 saturated carbocycles. The average Bonchev–Trinajstić information content (AvgIpc) is 2.84. The van der Waals surface area contributed by atoms with Crippen LogP contribution in [0.3, 0.4) is 0 Å². The number of aliphatic carboxylic acids is 1. The van der Waals surface area contributed by atoms with E-state index in [1.54, 1.807) is 12.1 Å². The number of carboxylic acids is 1. The maximum absolute atomic E-state index is 11.3. The SMILES string of the molecule is CN(CCOc1ccc(-c2cccc(C(N)=O)c2)cc1)CCc1ccccc1.O=C(O)C(F)(F)F. The Hall–Kier alpha value is -3.85. The summed E-state index contributed by atoms with van der Waals surface area (Å²) in [5, 5.41) is 7.12. The Morgan fingerprint density at radius 2 is 1.54 bits per heavy atom. The van der Waals surface area contributed by atoms with Gasteiger partial charge in [0.2, 0.25) is 5.91 Å². The monoisotopic (exact) mass is 488 g/mol. The molecule has 9 heteroatoms. The number of carboxylic acid groups (broad SMARTS) is 1. The second-order valence-corrected chi connectivity index (χ2v) is 7.66. The standard InChI is InChI=1S/C24H26N2O2.C2HF3O2/c1-26(15-14-19-6-3-2-4-7-19)16-17-28-23-12-10-20(11-13-23)21-8-5-9-22(18-21)24(25)27;3-2(4,5)1(6)7/h2-13,18H,14-17H2,1H3,(H2,25,27);(H,6,7). The van der Waals surface area contributed by atoms with Gasteiger partial charge in [0, 0.05) is 18.7 Å². The van der Waals surface area contributed by atoms with Gasteiger partial charge in [-0.05, 0) is 54.4 Å². The van der Waals surface area contributed by atoms with E-state index in [1.165, 1.54) is 5.56 Å². The molecule has 3 rings (SSSR count). The third kappa shape index (κ3) is 9.89. The van der Waals surface area contributed by atoms with Gasteiger partial charge in [-0.2, -0.15) is 13.2 Å². The average molecular weight is 489 g/mol. The van der Waals surface area contributed by atoms with Gasteiger partial charge in [0.25, 0.3) is 0 Å². The molecule has 0 aromatic heterocycles. The lowest BCUT2D eigenvalue weighted by atomic mass is 10.0. The van der Waals surface area contributed by atoms with Crippen LogP contribution in [0.1, 0.15) is 15.9 Å². The number of hydrogen-bond donors (Lipinski definition) is 2. The summed E-state index contributed by atoms with van der Waals surface area (Å²) in [4.78, 5) is 22.5. The molecule has 6 nitrogen and oxygen atoms in total. The summed E-state index contributed by atoms with van der Waals surface area (Å²) in [6, 6.07) is 25.7. The van der Waals surface area contributed by atoms with Crippen molar-refractivity contribution in [3.8, 4) is 16.9 Å². The van der Waals surface area contributed by atoms with E-state index in [2.05, 4.69) is 36.2 Å². The van der Waals surface area contributed by atoms with Crippen LogP contribution in [0.2, 0.25) is 0 Å². The van der Waals surface area contributed by atoms with Gasteiger partial charge < -0.3 is 20.5 Å². The van der Waals surface area contributed by atoms with Crippen molar-refractivity contribution in [2.75, 3.05) is 26.7 Å². The smallest absolute Gasteiger partial charge is 0.490 e. The molecule has 0 atom stereocenters. The maximum atomic E-state index is 11.3. The Kier molecular flexibility index (Phi) is 10.3. The molecule has 0 bridgehead atoms. The van der Waals surface area contributed by atoms with Crippen molar-refractivity contribution in [2.45, 2.75) is 12.6 Å². The number of hydrogen-bond acceptors (Lipinski definition) is 4. The maximum Gasteiger partial charge on any atom is 0.490 e. The van der Waals surface area contributed by atoms with Gasteiger partial charge in [-0.3, -0.25) is 4.79 Å². The number of rotatable bonds is 9. The van der Waals surface area contributed by atoms with E-state index in [-0.39, 0.29) is 0 Å². The molecule has 0 unspecified atom stereocenters. The van der Waals surface area contributed by atoms with Crippen LogP contribution in [-0.4, -0.2) is 54.8 Å². The number of primary amides is 1. The fourth-order valence-corrected chi connectivity index (χ4v) is 2.99. The van der Waals surface area contributed by atoms with Crippen LogP contribution < -0.4 is 10.5 Å². The first kappa shape index (κ1) is 27.4. The van der Waals surface area contributed by atoms with E-state index in [4.69, 9.17) is 20.4 Å². The van der Waals surface area contributed by atoms with Gasteiger partial charge in [0.05, 0.1) is 0 Å². The number of ether oxygens (including phenoxy) is 1. The summed E-state index contributed by atoms with van der Waals surface area (Å²) in [7, 11) is 2.11. The predicted octanol–water partition coefficient (Wildman–Crippen LogP) is 4.64. The van der Waals surface area contributed by atoms with E-state index >= 15 is 0 Å². The number of carbonyl (C=O) groups excluding carboxylic acids is 1. The van der Waals surface area contributed by atoms with E-state index < -0.39 is 18.1 Å². The molecule has 0 radical (unpaired) electrons. The highest BCUT2D eigenvalue weighted by molar-refractivity contribution is 5.94. The normalized spacial score (nSPS) is 10.9. The van der Waals surface area contributed by atoms with Crippen molar-refractivity contribution in [2.24, 2.45) is 5.73 Å². The number of nitrogens with zero attached hydrogens (tertiary/aromatic N) is 1. The number of benzene rings is 3. The Balaban J connectivity index is 0.000000540. The third-order valence-electron chi connectivity index (χ3n) is 4.94. The van der Waals surface area contributed by atoms with Gasteiger partial charge in [-0.25, -0.2) is 4.79 Å². The second-order valence-electron chi connectivity index (χ2n) is 7.66. The molecule has 0 aliphatic rings. The van der Waals surface area contributed by atoms with E-state index in [0.717, 1.165) is 36.4 Å². The minimum absolute atomic E-state index is 0.418.